The van der Waals surface area contributed by atoms with Crippen molar-refractivity contribution in [1.29, 1.82) is 0 Å². The van der Waals surface area contributed by atoms with Crippen molar-refractivity contribution in [3.63, 3.8) is 0 Å². The Morgan fingerprint density at radius 2 is 1.14 bits per heavy atom. The first-order chi connectivity index (χ1) is 17.2. The molecule has 1 N–H and O–H groups in total. The van der Waals surface area contributed by atoms with Crippen LogP contribution in [0.4, 0.5) is 0 Å². The van der Waals surface area contributed by atoms with Crippen LogP contribution in [-0.2, 0) is 4.79 Å². The van der Waals surface area contributed by atoms with Crippen LogP contribution in [0.15, 0.2) is 91.0 Å². The quantitative estimate of drug-likeness (QED) is 0.325. The lowest BCUT2D eigenvalue weighted by Gasteiger charge is -2.32. The Hall–Kier alpha value is -2.52. The standard InChI is InChI=1S/C30H38N3OP/c1-32-22-24-33(25-23-32)31-30(34)21-13-2-3-14-26-35(27-15-7-4-8-16-27,28-17-9-5-10-18-28)29-19-11-6-12-20-29/h4-12,15-20H,2-3,13-14,21-26H2,1H3/p+1. The van der Waals surface area contributed by atoms with Gasteiger partial charge in [-0.2, -0.15) is 0 Å². The minimum atomic E-state index is -1.74. The normalized spacial score (nSPS) is 15.1. The summed E-state index contributed by atoms with van der Waals surface area (Å²) in [4.78, 5) is 14.7. The first-order valence-electron chi connectivity index (χ1n) is 13.0. The molecule has 5 heteroatoms. The number of hydrogen-bond donors (Lipinski definition) is 1. The second kappa shape index (κ2) is 13.0. The predicted octanol–water partition coefficient (Wildman–Crippen LogP) is 4.21. The Morgan fingerprint density at radius 3 is 1.63 bits per heavy atom. The van der Waals surface area contributed by atoms with E-state index in [9.17, 15) is 4.79 Å². The van der Waals surface area contributed by atoms with Crippen LogP contribution in [0.1, 0.15) is 32.1 Å². The maximum absolute atomic E-state index is 12.4. The fraction of sp³-hybridized carbons (Fsp3) is 0.367. The van der Waals surface area contributed by atoms with E-state index < -0.39 is 7.26 Å². The molecule has 3 aromatic rings. The fourth-order valence-corrected chi connectivity index (χ4v) is 9.43. The van der Waals surface area contributed by atoms with E-state index in [1.165, 1.54) is 15.9 Å². The average Bonchev–Trinajstić information content (AvgIpc) is 2.91. The molecule has 4 rings (SSSR count). The highest BCUT2D eigenvalue weighted by atomic mass is 31.2. The Bertz CT molecular complexity index is 925. The molecule has 0 unspecified atom stereocenters. The Labute approximate surface area is 211 Å². The largest absolute Gasteiger partial charge is 0.304 e. The summed E-state index contributed by atoms with van der Waals surface area (Å²) in [6.45, 7) is 3.84. The molecule has 35 heavy (non-hydrogen) atoms. The molecule has 0 spiro atoms. The van der Waals surface area contributed by atoms with Crippen molar-refractivity contribution in [2.24, 2.45) is 0 Å². The Kier molecular flexibility index (Phi) is 9.48. The van der Waals surface area contributed by atoms with Gasteiger partial charge in [0.1, 0.15) is 23.2 Å². The zero-order chi connectivity index (χ0) is 24.3. The van der Waals surface area contributed by atoms with Crippen molar-refractivity contribution < 1.29 is 4.79 Å². The molecule has 0 aromatic heterocycles. The summed E-state index contributed by atoms with van der Waals surface area (Å²) in [5, 5.41) is 6.41. The van der Waals surface area contributed by atoms with E-state index in [0.29, 0.717) is 6.42 Å². The maximum Gasteiger partial charge on any atom is 0.234 e. The lowest BCUT2D eigenvalue weighted by molar-refractivity contribution is -0.126. The number of benzene rings is 3. The zero-order valence-corrected chi connectivity index (χ0v) is 21.9. The monoisotopic (exact) mass is 488 g/mol. The molecule has 0 aliphatic carbocycles. The van der Waals surface area contributed by atoms with Crippen LogP contribution in [0.25, 0.3) is 0 Å². The second-order valence-corrected chi connectivity index (χ2v) is 13.1. The van der Waals surface area contributed by atoms with E-state index >= 15 is 0 Å². The fourth-order valence-electron chi connectivity index (χ4n) is 5.02. The molecule has 0 saturated carbocycles. The molecule has 0 atom stereocenters. The molecule has 0 bridgehead atoms. The maximum atomic E-state index is 12.4. The van der Waals surface area contributed by atoms with Gasteiger partial charge in [0.05, 0.1) is 6.16 Å². The number of carbonyl (C=O) groups is 1. The number of nitrogens with one attached hydrogen (secondary N) is 1. The van der Waals surface area contributed by atoms with Gasteiger partial charge in [-0.15, -0.1) is 0 Å². The molecule has 0 radical (unpaired) electrons. The van der Waals surface area contributed by atoms with Crippen LogP contribution in [-0.4, -0.2) is 55.2 Å². The van der Waals surface area contributed by atoms with Crippen molar-refractivity contribution >= 4 is 29.1 Å². The first-order valence-corrected chi connectivity index (χ1v) is 14.9. The third-order valence-corrected chi connectivity index (χ3v) is 11.6. The van der Waals surface area contributed by atoms with Gasteiger partial charge in [0.15, 0.2) is 0 Å². The highest BCUT2D eigenvalue weighted by Crippen LogP contribution is 2.55. The zero-order valence-electron chi connectivity index (χ0n) is 21.0. The number of piperazine rings is 1. The molecule has 4 nitrogen and oxygen atoms in total. The van der Waals surface area contributed by atoms with Gasteiger partial charge < -0.3 is 4.90 Å². The average molecular weight is 489 g/mol. The summed E-state index contributed by atoms with van der Waals surface area (Å²) in [6.07, 6.45) is 6.12. The summed E-state index contributed by atoms with van der Waals surface area (Å²) in [6, 6.07) is 33.3. The molecular weight excluding hydrogens is 449 g/mol. The molecule has 1 aliphatic heterocycles. The lowest BCUT2D eigenvalue weighted by Crippen LogP contribution is -2.52. The predicted molar refractivity (Wildman–Crippen MR) is 150 cm³/mol. The minimum absolute atomic E-state index is 0.161. The van der Waals surface area contributed by atoms with Crippen molar-refractivity contribution in [2.75, 3.05) is 39.4 Å². The Balaban J connectivity index is 1.37. The number of amides is 1. The number of unbranched alkanes of at least 4 members (excludes halogenated alkanes) is 3. The van der Waals surface area contributed by atoms with E-state index in [2.05, 4.69) is 113 Å². The van der Waals surface area contributed by atoms with Gasteiger partial charge in [0, 0.05) is 32.6 Å². The molecule has 1 aliphatic rings. The number of hydrogen-bond acceptors (Lipinski definition) is 3. The van der Waals surface area contributed by atoms with E-state index in [-0.39, 0.29) is 5.91 Å². The van der Waals surface area contributed by atoms with Crippen molar-refractivity contribution in [3.8, 4) is 0 Å². The van der Waals surface area contributed by atoms with Crippen LogP contribution < -0.4 is 21.3 Å². The number of hydrazine groups is 1. The van der Waals surface area contributed by atoms with Gasteiger partial charge in [-0.05, 0) is 62.7 Å². The van der Waals surface area contributed by atoms with E-state index in [1.54, 1.807) is 0 Å². The summed E-state index contributed by atoms with van der Waals surface area (Å²) >= 11 is 0. The molecule has 1 amide bonds. The molecule has 1 heterocycles. The van der Waals surface area contributed by atoms with Gasteiger partial charge in [0.25, 0.3) is 0 Å². The van der Waals surface area contributed by atoms with Crippen molar-refractivity contribution in [3.05, 3.63) is 91.0 Å². The molecule has 1 fully saturated rings. The SMILES string of the molecule is CN1CCN(NC(=O)CCCCCC[P+](c2ccccc2)(c2ccccc2)c2ccccc2)CC1. The third-order valence-electron chi connectivity index (χ3n) is 7.02. The lowest BCUT2D eigenvalue weighted by atomic mass is 10.1. The number of likely N-dealkylation sites (N-methyl/N-ethyl adjacent to an activating group) is 1. The van der Waals surface area contributed by atoms with E-state index in [4.69, 9.17) is 0 Å². The summed E-state index contributed by atoms with van der Waals surface area (Å²) < 4.78 is 0. The molecular formula is C30H39N3OP+. The van der Waals surface area contributed by atoms with Crippen LogP contribution in [0, 0.1) is 0 Å². The van der Waals surface area contributed by atoms with E-state index in [0.717, 1.165) is 58.0 Å². The Morgan fingerprint density at radius 1 is 0.686 bits per heavy atom. The van der Waals surface area contributed by atoms with Gasteiger partial charge in [-0.1, -0.05) is 61.0 Å². The molecule has 3 aromatic carbocycles. The van der Waals surface area contributed by atoms with Crippen LogP contribution >= 0.6 is 7.26 Å². The number of rotatable bonds is 11. The van der Waals surface area contributed by atoms with Gasteiger partial charge >= 0.3 is 0 Å². The molecule has 1 saturated heterocycles. The smallest absolute Gasteiger partial charge is 0.234 e. The van der Waals surface area contributed by atoms with Crippen molar-refractivity contribution in [2.45, 2.75) is 32.1 Å². The van der Waals surface area contributed by atoms with Crippen molar-refractivity contribution in [1.82, 2.24) is 15.3 Å². The summed E-state index contributed by atoms with van der Waals surface area (Å²) in [5.74, 6) is 0.161. The topological polar surface area (TPSA) is 35.6 Å². The molecule has 184 valence electrons. The number of nitrogens with zero attached hydrogens (tertiary/aromatic N) is 2. The van der Waals surface area contributed by atoms with Gasteiger partial charge in [-0.25, -0.2) is 5.01 Å². The summed E-state index contributed by atoms with van der Waals surface area (Å²) in [5.41, 5.74) is 3.09. The highest BCUT2D eigenvalue weighted by Gasteiger charge is 2.44. The van der Waals surface area contributed by atoms with Crippen LogP contribution in [0.5, 0.6) is 0 Å². The second-order valence-electron chi connectivity index (χ2n) is 9.53. The first kappa shape index (κ1) is 25.6. The summed E-state index contributed by atoms with van der Waals surface area (Å²) in [7, 11) is 0.388. The number of carbonyl (C=O) groups excluding carboxylic acids is 1. The minimum Gasteiger partial charge on any atom is -0.304 e. The van der Waals surface area contributed by atoms with Crippen LogP contribution in [0.3, 0.4) is 0 Å². The van der Waals surface area contributed by atoms with Gasteiger partial charge in [-0.3, -0.25) is 10.2 Å². The third kappa shape index (κ3) is 6.79. The van der Waals surface area contributed by atoms with Crippen LogP contribution in [0.2, 0.25) is 0 Å². The van der Waals surface area contributed by atoms with Gasteiger partial charge in [0.2, 0.25) is 5.91 Å². The van der Waals surface area contributed by atoms with E-state index in [1.807, 2.05) is 0 Å². The highest BCUT2D eigenvalue weighted by molar-refractivity contribution is 7.95.